The van der Waals surface area contributed by atoms with Crippen molar-refractivity contribution in [3.63, 3.8) is 0 Å². The van der Waals surface area contributed by atoms with E-state index in [9.17, 15) is 0 Å². The Morgan fingerprint density at radius 2 is 2.39 bits per heavy atom. The third kappa shape index (κ3) is 7.83. The molecular weight excluding hydrogens is 363 g/mol. The molecule has 0 aliphatic rings. The molecule has 0 saturated heterocycles. The first-order valence-electron chi connectivity index (χ1n) is 5.75. The van der Waals surface area contributed by atoms with Crippen LogP contribution in [0.5, 0.6) is 0 Å². The molecule has 0 aliphatic heterocycles. The SMILES string of the molecule is CCOCCCNC(N)=NCc1ncc(C)s1.I. The van der Waals surface area contributed by atoms with Gasteiger partial charge >= 0.3 is 0 Å². The van der Waals surface area contributed by atoms with E-state index in [1.165, 1.54) is 4.88 Å². The monoisotopic (exact) mass is 384 g/mol. The number of hydrogen-bond donors (Lipinski definition) is 2. The molecule has 1 heterocycles. The molecule has 1 aromatic rings. The summed E-state index contributed by atoms with van der Waals surface area (Å²) >= 11 is 1.64. The summed E-state index contributed by atoms with van der Waals surface area (Å²) in [6, 6.07) is 0. The fourth-order valence-electron chi connectivity index (χ4n) is 1.22. The third-order valence-corrected chi connectivity index (χ3v) is 2.93. The summed E-state index contributed by atoms with van der Waals surface area (Å²) < 4.78 is 5.22. The molecule has 0 atom stereocenters. The number of hydrogen-bond acceptors (Lipinski definition) is 4. The third-order valence-electron chi connectivity index (χ3n) is 2.03. The molecule has 0 amide bonds. The summed E-state index contributed by atoms with van der Waals surface area (Å²) in [5, 5.41) is 4.03. The van der Waals surface area contributed by atoms with Crippen LogP contribution in [0.1, 0.15) is 23.2 Å². The standard InChI is InChI=1S/C11H20N4OS.HI/c1-3-16-6-4-5-13-11(12)15-8-10-14-7-9(2)17-10;/h7H,3-6,8H2,1-2H3,(H3,12,13,15);1H. The van der Waals surface area contributed by atoms with Crippen LogP contribution in [-0.2, 0) is 11.3 Å². The van der Waals surface area contributed by atoms with Crippen molar-refractivity contribution >= 4 is 41.3 Å². The Bertz CT molecular complexity index is 357. The van der Waals surface area contributed by atoms with Crippen molar-refractivity contribution in [1.82, 2.24) is 10.3 Å². The highest BCUT2D eigenvalue weighted by molar-refractivity contribution is 14.0. The highest BCUT2D eigenvalue weighted by atomic mass is 127. The fraction of sp³-hybridized carbons (Fsp3) is 0.636. The van der Waals surface area contributed by atoms with Gasteiger partial charge in [0.15, 0.2) is 5.96 Å². The van der Waals surface area contributed by atoms with Crippen LogP contribution in [0.15, 0.2) is 11.2 Å². The molecule has 104 valence electrons. The van der Waals surface area contributed by atoms with E-state index in [2.05, 4.69) is 15.3 Å². The highest BCUT2D eigenvalue weighted by Crippen LogP contribution is 2.11. The van der Waals surface area contributed by atoms with E-state index < -0.39 is 0 Å². The second-order valence-corrected chi connectivity index (χ2v) is 4.86. The zero-order valence-electron chi connectivity index (χ0n) is 10.8. The summed E-state index contributed by atoms with van der Waals surface area (Å²) in [5.74, 6) is 0.467. The molecule has 0 bridgehead atoms. The molecule has 0 spiro atoms. The second kappa shape index (κ2) is 10.5. The van der Waals surface area contributed by atoms with E-state index in [4.69, 9.17) is 10.5 Å². The number of nitrogens with zero attached hydrogens (tertiary/aromatic N) is 2. The Morgan fingerprint density at radius 1 is 1.61 bits per heavy atom. The van der Waals surface area contributed by atoms with E-state index in [1.54, 1.807) is 11.3 Å². The average Bonchev–Trinajstić information content (AvgIpc) is 2.72. The van der Waals surface area contributed by atoms with Crippen molar-refractivity contribution in [3.05, 3.63) is 16.1 Å². The number of nitrogens with two attached hydrogens (primary N) is 1. The number of nitrogens with one attached hydrogen (secondary N) is 1. The molecule has 0 saturated carbocycles. The van der Waals surface area contributed by atoms with Gasteiger partial charge in [-0.15, -0.1) is 35.3 Å². The van der Waals surface area contributed by atoms with Gasteiger partial charge in [0.05, 0.1) is 6.54 Å². The summed E-state index contributed by atoms with van der Waals surface area (Å²) in [4.78, 5) is 9.63. The van der Waals surface area contributed by atoms with Crippen molar-refractivity contribution in [2.75, 3.05) is 19.8 Å². The lowest BCUT2D eigenvalue weighted by atomic mass is 10.4. The summed E-state index contributed by atoms with van der Waals surface area (Å²) in [7, 11) is 0. The number of aliphatic imine (C=N–C) groups is 1. The molecule has 1 aromatic heterocycles. The van der Waals surface area contributed by atoms with Gasteiger partial charge in [-0.05, 0) is 20.3 Å². The van der Waals surface area contributed by atoms with Gasteiger partial charge < -0.3 is 15.8 Å². The molecule has 7 heteroatoms. The summed E-state index contributed by atoms with van der Waals surface area (Å²) in [6.45, 7) is 6.85. The zero-order valence-corrected chi connectivity index (χ0v) is 14.0. The van der Waals surface area contributed by atoms with Gasteiger partial charge in [0.25, 0.3) is 0 Å². The zero-order chi connectivity index (χ0) is 12.5. The lowest BCUT2D eigenvalue weighted by molar-refractivity contribution is 0.145. The minimum atomic E-state index is 0. The minimum Gasteiger partial charge on any atom is -0.382 e. The Hall–Kier alpha value is -0.410. The largest absolute Gasteiger partial charge is 0.382 e. The second-order valence-electron chi connectivity index (χ2n) is 3.54. The highest BCUT2D eigenvalue weighted by Gasteiger charge is 1.97. The van der Waals surface area contributed by atoms with Crippen LogP contribution >= 0.6 is 35.3 Å². The lowest BCUT2D eigenvalue weighted by Gasteiger charge is -2.04. The van der Waals surface area contributed by atoms with Crippen molar-refractivity contribution in [2.45, 2.75) is 26.8 Å². The predicted octanol–water partition coefficient (Wildman–Crippen LogP) is 1.90. The maximum Gasteiger partial charge on any atom is 0.189 e. The van der Waals surface area contributed by atoms with Gasteiger partial charge in [-0.1, -0.05) is 0 Å². The van der Waals surface area contributed by atoms with E-state index >= 15 is 0 Å². The van der Waals surface area contributed by atoms with E-state index in [0.717, 1.165) is 31.2 Å². The molecule has 18 heavy (non-hydrogen) atoms. The van der Waals surface area contributed by atoms with Crippen LogP contribution in [-0.4, -0.2) is 30.7 Å². The van der Waals surface area contributed by atoms with E-state index in [-0.39, 0.29) is 24.0 Å². The van der Waals surface area contributed by atoms with Gasteiger partial charge in [-0.2, -0.15) is 0 Å². The van der Waals surface area contributed by atoms with Crippen LogP contribution in [0.25, 0.3) is 0 Å². The van der Waals surface area contributed by atoms with Gasteiger partial charge in [0.1, 0.15) is 5.01 Å². The van der Waals surface area contributed by atoms with Gasteiger partial charge in [0, 0.05) is 30.8 Å². The minimum absolute atomic E-state index is 0. The van der Waals surface area contributed by atoms with Crippen LogP contribution in [0.3, 0.4) is 0 Å². The molecule has 0 unspecified atom stereocenters. The lowest BCUT2D eigenvalue weighted by Crippen LogP contribution is -2.32. The first-order chi connectivity index (χ1) is 8.22. The first-order valence-corrected chi connectivity index (χ1v) is 6.57. The summed E-state index contributed by atoms with van der Waals surface area (Å²) in [6.07, 6.45) is 2.78. The molecular formula is C11H21IN4OS. The van der Waals surface area contributed by atoms with Crippen LogP contribution < -0.4 is 11.1 Å². The molecule has 0 radical (unpaired) electrons. The molecule has 5 nitrogen and oxygen atoms in total. The summed E-state index contributed by atoms with van der Waals surface area (Å²) in [5.41, 5.74) is 5.72. The Morgan fingerprint density at radius 3 is 3.00 bits per heavy atom. The van der Waals surface area contributed by atoms with Crippen molar-refractivity contribution in [3.8, 4) is 0 Å². The average molecular weight is 384 g/mol. The Balaban J connectivity index is 0.00000289. The first kappa shape index (κ1) is 17.6. The van der Waals surface area contributed by atoms with E-state index in [0.29, 0.717) is 12.5 Å². The Kier molecular flexibility index (Phi) is 10.3. The number of rotatable bonds is 7. The quantitative estimate of drug-likeness (QED) is 0.326. The van der Waals surface area contributed by atoms with Crippen molar-refractivity contribution < 1.29 is 4.74 Å². The maximum absolute atomic E-state index is 5.72. The molecule has 0 aromatic carbocycles. The maximum atomic E-state index is 5.72. The van der Waals surface area contributed by atoms with Crippen LogP contribution in [0, 0.1) is 6.92 Å². The van der Waals surface area contributed by atoms with Gasteiger partial charge in [-0.25, -0.2) is 9.98 Å². The van der Waals surface area contributed by atoms with Gasteiger partial charge in [-0.3, -0.25) is 0 Å². The Labute approximate surface area is 129 Å². The normalized spacial score (nSPS) is 11.1. The van der Waals surface area contributed by atoms with Crippen molar-refractivity contribution in [1.29, 1.82) is 0 Å². The van der Waals surface area contributed by atoms with E-state index in [1.807, 2.05) is 20.0 Å². The number of aryl methyl sites for hydroxylation is 1. The molecule has 3 N–H and O–H groups in total. The van der Waals surface area contributed by atoms with Crippen LogP contribution in [0.2, 0.25) is 0 Å². The fourth-order valence-corrected chi connectivity index (χ4v) is 1.93. The number of ether oxygens (including phenoxy) is 1. The predicted molar refractivity (Wildman–Crippen MR) is 86.7 cm³/mol. The van der Waals surface area contributed by atoms with Crippen LogP contribution in [0.4, 0.5) is 0 Å². The topological polar surface area (TPSA) is 72.5 Å². The molecule has 0 aliphatic carbocycles. The van der Waals surface area contributed by atoms with Gasteiger partial charge in [0.2, 0.25) is 0 Å². The number of thiazole rings is 1. The smallest absolute Gasteiger partial charge is 0.189 e. The molecule has 1 rings (SSSR count). The number of guanidine groups is 1. The number of aromatic nitrogens is 1. The van der Waals surface area contributed by atoms with Crippen molar-refractivity contribution in [2.24, 2.45) is 10.7 Å². The number of halogens is 1. The molecule has 0 fully saturated rings.